The van der Waals surface area contributed by atoms with Gasteiger partial charge in [-0.15, -0.1) is 11.3 Å². The fourth-order valence-corrected chi connectivity index (χ4v) is 4.41. The van der Waals surface area contributed by atoms with Gasteiger partial charge >= 0.3 is 12.1 Å². The van der Waals surface area contributed by atoms with Gasteiger partial charge in [0.15, 0.2) is 0 Å². The van der Waals surface area contributed by atoms with E-state index in [2.05, 4.69) is 10.2 Å². The summed E-state index contributed by atoms with van der Waals surface area (Å²) in [5, 5.41) is 3.92. The minimum atomic E-state index is -0.450. The summed E-state index contributed by atoms with van der Waals surface area (Å²) in [6, 6.07) is 11.3. The highest BCUT2D eigenvalue weighted by Crippen LogP contribution is 2.32. The van der Waals surface area contributed by atoms with Crippen LogP contribution in [0.5, 0.6) is 0 Å². The number of amides is 1. The molecule has 0 saturated carbocycles. The number of alkyl carbamates (subject to hydrolysis) is 1. The summed E-state index contributed by atoms with van der Waals surface area (Å²) >= 11 is 1.56. The molecule has 7 nitrogen and oxygen atoms in total. The zero-order valence-corrected chi connectivity index (χ0v) is 17.7. The number of methoxy groups -OCH3 is 2. The van der Waals surface area contributed by atoms with E-state index in [-0.39, 0.29) is 24.7 Å². The average molecular weight is 419 g/mol. The highest BCUT2D eigenvalue weighted by Gasteiger charge is 2.32. The van der Waals surface area contributed by atoms with Crippen molar-refractivity contribution in [1.29, 1.82) is 0 Å². The number of ether oxygens (including phenoxy) is 3. The molecule has 1 saturated heterocycles. The van der Waals surface area contributed by atoms with E-state index in [0.717, 1.165) is 22.0 Å². The van der Waals surface area contributed by atoms with E-state index in [1.54, 1.807) is 18.4 Å². The molecular formula is C21H26N2O5S. The third-order valence-electron chi connectivity index (χ3n) is 5.00. The number of esters is 1. The van der Waals surface area contributed by atoms with Crippen LogP contribution in [0.3, 0.4) is 0 Å². The molecule has 1 aliphatic rings. The Morgan fingerprint density at radius 1 is 1.24 bits per heavy atom. The van der Waals surface area contributed by atoms with Gasteiger partial charge in [-0.25, -0.2) is 9.59 Å². The lowest BCUT2D eigenvalue weighted by Crippen LogP contribution is -2.54. The van der Waals surface area contributed by atoms with Crippen molar-refractivity contribution in [2.75, 3.05) is 32.2 Å². The fourth-order valence-electron chi connectivity index (χ4n) is 3.37. The summed E-state index contributed by atoms with van der Waals surface area (Å²) in [4.78, 5) is 27.2. The van der Waals surface area contributed by atoms with Crippen LogP contribution >= 0.6 is 11.3 Å². The van der Waals surface area contributed by atoms with Crippen molar-refractivity contribution in [2.45, 2.75) is 32.1 Å². The zero-order valence-electron chi connectivity index (χ0n) is 16.8. The SMILES string of the molecule is COC(=O)c1cc(N2CC[C@H](NC(=O)OCc3ccccc3)[C@H](OC)C2)sc1C. The lowest BCUT2D eigenvalue weighted by atomic mass is 10.0. The Hall–Kier alpha value is -2.58. The largest absolute Gasteiger partial charge is 0.465 e. The van der Waals surface area contributed by atoms with Crippen LogP contribution in [0, 0.1) is 6.92 Å². The van der Waals surface area contributed by atoms with Crippen LogP contribution in [0.15, 0.2) is 36.4 Å². The Balaban J connectivity index is 1.56. The fraction of sp³-hybridized carbons (Fsp3) is 0.429. The maximum absolute atomic E-state index is 12.2. The van der Waals surface area contributed by atoms with E-state index in [0.29, 0.717) is 18.5 Å². The molecule has 1 fully saturated rings. The van der Waals surface area contributed by atoms with Gasteiger partial charge in [-0.1, -0.05) is 30.3 Å². The smallest absolute Gasteiger partial charge is 0.407 e. The second-order valence-electron chi connectivity index (χ2n) is 6.87. The first-order chi connectivity index (χ1) is 14.0. The van der Waals surface area contributed by atoms with Gasteiger partial charge in [0.05, 0.1) is 29.8 Å². The first-order valence-corrected chi connectivity index (χ1v) is 10.3. The summed E-state index contributed by atoms with van der Waals surface area (Å²) in [5.74, 6) is -0.328. The number of benzene rings is 1. The molecule has 0 radical (unpaired) electrons. The molecule has 0 unspecified atom stereocenters. The van der Waals surface area contributed by atoms with Gasteiger partial charge in [-0.05, 0) is 25.0 Å². The van der Waals surface area contributed by atoms with Crippen LogP contribution in [0.2, 0.25) is 0 Å². The Morgan fingerprint density at radius 2 is 2.00 bits per heavy atom. The van der Waals surface area contributed by atoms with Crippen LogP contribution in [0.4, 0.5) is 9.80 Å². The summed E-state index contributed by atoms with van der Waals surface area (Å²) in [5.41, 5.74) is 1.53. The summed E-state index contributed by atoms with van der Waals surface area (Å²) in [6.45, 7) is 3.49. The second-order valence-corrected chi connectivity index (χ2v) is 8.10. The first-order valence-electron chi connectivity index (χ1n) is 9.45. The van der Waals surface area contributed by atoms with Gasteiger partial charge in [-0.2, -0.15) is 0 Å². The molecule has 1 aromatic carbocycles. The highest BCUT2D eigenvalue weighted by atomic mass is 32.1. The topological polar surface area (TPSA) is 77.1 Å². The van der Waals surface area contributed by atoms with E-state index >= 15 is 0 Å². The number of rotatable bonds is 6. The molecule has 0 bridgehead atoms. The molecule has 2 heterocycles. The molecule has 1 aromatic heterocycles. The van der Waals surface area contributed by atoms with Crippen LogP contribution < -0.4 is 10.2 Å². The van der Waals surface area contributed by atoms with Gasteiger partial charge in [0, 0.05) is 25.1 Å². The maximum Gasteiger partial charge on any atom is 0.407 e. The lowest BCUT2D eigenvalue weighted by molar-refractivity contribution is 0.0547. The highest BCUT2D eigenvalue weighted by molar-refractivity contribution is 7.16. The third-order valence-corrected chi connectivity index (χ3v) is 6.11. The van der Waals surface area contributed by atoms with Gasteiger partial charge in [0.1, 0.15) is 6.61 Å². The number of piperidine rings is 1. The molecule has 8 heteroatoms. The van der Waals surface area contributed by atoms with Crippen LogP contribution in [0.1, 0.15) is 27.2 Å². The Kier molecular flexibility index (Phi) is 7.11. The van der Waals surface area contributed by atoms with Gasteiger partial charge < -0.3 is 24.4 Å². The minimum Gasteiger partial charge on any atom is -0.465 e. The molecule has 156 valence electrons. The van der Waals surface area contributed by atoms with E-state index in [4.69, 9.17) is 14.2 Å². The van der Waals surface area contributed by atoms with Crippen LogP contribution in [-0.2, 0) is 20.8 Å². The predicted molar refractivity (Wildman–Crippen MR) is 112 cm³/mol. The maximum atomic E-state index is 12.2. The average Bonchev–Trinajstić information content (AvgIpc) is 3.14. The minimum absolute atomic E-state index is 0.138. The molecule has 29 heavy (non-hydrogen) atoms. The molecule has 0 spiro atoms. The van der Waals surface area contributed by atoms with Crippen molar-refractivity contribution in [3.63, 3.8) is 0 Å². The zero-order chi connectivity index (χ0) is 20.8. The quantitative estimate of drug-likeness (QED) is 0.725. The normalized spacial score (nSPS) is 18.9. The van der Waals surface area contributed by atoms with Crippen molar-refractivity contribution in [2.24, 2.45) is 0 Å². The van der Waals surface area contributed by atoms with Crippen molar-refractivity contribution in [3.8, 4) is 0 Å². The van der Waals surface area contributed by atoms with Crippen LogP contribution in [-0.4, -0.2) is 51.5 Å². The summed E-state index contributed by atoms with van der Waals surface area (Å²) < 4.78 is 15.8. The van der Waals surface area contributed by atoms with Gasteiger partial charge in [-0.3, -0.25) is 0 Å². The number of nitrogens with zero attached hydrogens (tertiary/aromatic N) is 1. The van der Waals surface area contributed by atoms with Crippen molar-refractivity contribution < 1.29 is 23.8 Å². The van der Waals surface area contributed by atoms with E-state index in [1.165, 1.54) is 7.11 Å². The molecule has 2 atom stereocenters. The van der Waals surface area contributed by atoms with Crippen molar-refractivity contribution in [3.05, 3.63) is 52.4 Å². The number of carbonyl (C=O) groups is 2. The predicted octanol–water partition coefficient (Wildman–Crippen LogP) is 3.36. The molecule has 3 rings (SSSR count). The monoisotopic (exact) mass is 418 g/mol. The van der Waals surface area contributed by atoms with Gasteiger partial charge in [0.2, 0.25) is 0 Å². The number of carbonyl (C=O) groups excluding carboxylic acids is 2. The third kappa shape index (κ3) is 5.27. The standard InChI is InChI=1S/C21H26N2O5S/c1-14-16(20(24)27-3)11-19(29-14)23-10-9-17(18(12-23)26-2)22-21(25)28-13-15-7-5-4-6-8-15/h4-8,11,17-18H,9-10,12-13H2,1-3H3,(H,22,25)/t17-,18+/m0/s1. The van der Waals surface area contributed by atoms with E-state index in [9.17, 15) is 9.59 Å². The Bertz CT molecular complexity index is 839. The molecule has 2 aromatic rings. The number of thiophene rings is 1. The molecule has 1 aliphatic heterocycles. The summed E-state index contributed by atoms with van der Waals surface area (Å²) in [7, 11) is 3.02. The Morgan fingerprint density at radius 3 is 2.69 bits per heavy atom. The second kappa shape index (κ2) is 9.76. The van der Waals surface area contributed by atoms with E-state index < -0.39 is 6.09 Å². The van der Waals surface area contributed by atoms with Gasteiger partial charge in [0.25, 0.3) is 0 Å². The first kappa shape index (κ1) is 21.1. The number of hydrogen-bond acceptors (Lipinski definition) is 7. The lowest BCUT2D eigenvalue weighted by Gasteiger charge is -2.38. The number of anilines is 1. The summed E-state index contributed by atoms with van der Waals surface area (Å²) in [6.07, 6.45) is 0.0787. The number of hydrogen-bond donors (Lipinski definition) is 1. The van der Waals surface area contributed by atoms with Crippen LogP contribution in [0.25, 0.3) is 0 Å². The Labute approximate surface area is 174 Å². The molecule has 0 aliphatic carbocycles. The van der Waals surface area contributed by atoms with E-state index in [1.807, 2.05) is 43.3 Å². The molecule has 1 amide bonds. The molecule has 1 N–H and O–H groups in total. The molecular weight excluding hydrogens is 392 g/mol. The van der Waals surface area contributed by atoms with Crippen molar-refractivity contribution in [1.82, 2.24) is 5.32 Å². The number of aryl methyl sites for hydroxylation is 1. The van der Waals surface area contributed by atoms with Crippen molar-refractivity contribution >= 4 is 28.4 Å². The number of nitrogens with one attached hydrogen (secondary N) is 1.